The van der Waals surface area contributed by atoms with Gasteiger partial charge >= 0.3 is 0 Å². The molecule has 3 aromatic carbocycles. The number of aliphatic hydroxyl groups excluding tert-OH is 1. The minimum atomic E-state index is -3.55. The Labute approximate surface area is 259 Å². The average molecular weight is 628 g/mol. The highest BCUT2D eigenvalue weighted by Crippen LogP contribution is 2.32. The van der Waals surface area contributed by atoms with Crippen molar-refractivity contribution >= 4 is 21.6 Å². The standard InChI is InChI=1S/C34H43F2N3O4S/c1-5-44(42,43)39-28-10-6-9-25(18-28)33(41)38-31(17-23-14-26(35)19-27(36)15-23)32(40)21-37-30-11-7-8-24-13-12-22(16-29(24)30)20-34(2,3)4/h6,9-10,12-16,18-19,30-32,37,39-40H,5,7-8,11,17,20-21H2,1-4H3,(H,38,41). The van der Waals surface area contributed by atoms with Crippen LogP contribution in [0.25, 0.3) is 0 Å². The van der Waals surface area contributed by atoms with Crippen molar-refractivity contribution < 1.29 is 27.1 Å². The van der Waals surface area contributed by atoms with Crippen LogP contribution in [0.1, 0.15) is 79.2 Å². The molecule has 238 valence electrons. The zero-order valence-electron chi connectivity index (χ0n) is 25.8. The predicted molar refractivity (Wildman–Crippen MR) is 170 cm³/mol. The lowest BCUT2D eigenvalue weighted by molar-refractivity contribution is 0.0823. The number of aliphatic hydroxyl groups is 1. The Kier molecular flexibility index (Phi) is 10.8. The van der Waals surface area contributed by atoms with Gasteiger partial charge in [-0.3, -0.25) is 9.52 Å². The monoisotopic (exact) mass is 627 g/mol. The highest BCUT2D eigenvalue weighted by atomic mass is 32.2. The lowest BCUT2D eigenvalue weighted by atomic mass is 9.82. The van der Waals surface area contributed by atoms with Crippen LogP contribution in [0.3, 0.4) is 0 Å². The molecule has 0 spiro atoms. The Morgan fingerprint density at radius 3 is 2.43 bits per heavy atom. The third-order valence-corrected chi connectivity index (χ3v) is 9.08. The molecule has 1 amide bonds. The third-order valence-electron chi connectivity index (χ3n) is 7.77. The second-order valence-corrected chi connectivity index (χ2v) is 14.9. The number of sulfonamides is 1. The van der Waals surface area contributed by atoms with Crippen molar-refractivity contribution in [3.63, 3.8) is 0 Å². The number of halogens is 2. The lowest BCUT2D eigenvalue weighted by Crippen LogP contribution is -2.49. The van der Waals surface area contributed by atoms with Crippen molar-refractivity contribution in [2.24, 2.45) is 5.41 Å². The molecule has 10 heteroatoms. The van der Waals surface area contributed by atoms with Gasteiger partial charge in [-0.2, -0.15) is 0 Å². The van der Waals surface area contributed by atoms with Crippen molar-refractivity contribution in [2.45, 2.75) is 78.0 Å². The first-order valence-electron chi connectivity index (χ1n) is 15.1. The van der Waals surface area contributed by atoms with Gasteiger partial charge in [-0.05, 0) is 97.0 Å². The maximum absolute atomic E-state index is 14.0. The number of amides is 1. The van der Waals surface area contributed by atoms with Gasteiger partial charge in [0.05, 0.1) is 17.9 Å². The predicted octanol–water partition coefficient (Wildman–Crippen LogP) is 5.68. The topological polar surface area (TPSA) is 108 Å². The molecule has 3 aromatic rings. The van der Waals surface area contributed by atoms with Gasteiger partial charge < -0.3 is 15.7 Å². The largest absolute Gasteiger partial charge is 0.390 e. The van der Waals surface area contributed by atoms with Crippen molar-refractivity contribution in [3.8, 4) is 0 Å². The van der Waals surface area contributed by atoms with Crippen LogP contribution in [0.5, 0.6) is 0 Å². The number of anilines is 1. The molecule has 3 atom stereocenters. The van der Waals surface area contributed by atoms with E-state index in [4.69, 9.17) is 0 Å². The second-order valence-electron chi connectivity index (χ2n) is 12.8. The van der Waals surface area contributed by atoms with Crippen LogP contribution >= 0.6 is 0 Å². The second kappa shape index (κ2) is 14.2. The van der Waals surface area contributed by atoms with Crippen LogP contribution in [-0.2, 0) is 29.3 Å². The number of hydrogen-bond acceptors (Lipinski definition) is 5. The summed E-state index contributed by atoms with van der Waals surface area (Å²) < 4.78 is 54.5. The minimum Gasteiger partial charge on any atom is -0.390 e. The summed E-state index contributed by atoms with van der Waals surface area (Å²) in [6, 6.07) is 14.9. The van der Waals surface area contributed by atoms with Gasteiger partial charge in [0, 0.05) is 29.9 Å². The Bertz CT molecular complexity index is 1550. The first-order chi connectivity index (χ1) is 20.7. The van der Waals surface area contributed by atoms with E-state index in [-0.39, 0.29) is 47.0 Å². The molecule has 7 nitrogen and oxygen atoms in total. The molecule has 0 aromatic heterocycles. The fraction of sp³-hybridized carbons (Fsp3) is 0.441. The molecule has 4 rings (SSSR count). The fourth-order valence-electron chi connectivity index (χ4n) is 5.68. The van der Waals surface area contributed by atoms with Crippen LogP contribution in [0.4, 0.5) is 14.5 Å². The van der Waals surface area contributed by atoms with Gasteiger partial charge in [0.2, 0.25) is 10.0 Å². The van der Waals surface area contributed by atoms with Crippen LogP contribution in [0.15, 0.2) is 60.7 Å². The Hall–Kier alpha value is -3.34. The molecule has 0 radical (unpaired) electrons. The Balaban J connectivity index is 1.53. The van der Waals surface area contributed by atoms with Gasteiger partial charge in [-0.15, -0.1) is 0 Å². The van der Waals surface area contributed by atoms with E-state index < -0.39 is 39.7 Å². The molecule has 0 saturated heterocycles. The van der Waals surface area contributed by atoms with E-state index in [2.05, 4.69) is 54.3 Å². The molecule has 0 bridgehead atoms. The van der Waals surface area contributed by atoms with E-state index in [1.807, 2.05) is 0 Å². The molecule has 4 N–H and O–H groups in total. The molecule has 0 saturated carbocycles. The van der Waals surface area contributed by atoms with Crippen LogP contribution < -0.4 is 15.4 Å². The van der Waals surface area contributed by atoms with E-state index in [1.165, 1.54) is 53.9 Å². The number of benzene rings is 3. The van der Waals surface area contributed by atoms with Crippen LogP contribution in [0, 0.1) is 17.0 Å². The average Bonchev–Trinajstić information content (AvgIpc) is 2.94. The summed E-state index contributed by atoms with van der Waals surface area (Å²) in [4.78, 5) is 13.3. The van der Waals surface area contributed by atoms with Crippen LogP contribution in [0.2, 0.25) is 0 Å². The molecule has 0 heterocycles. The van der Waals surface area contributed by atoms with Gasteiger partial charge in [-0.25, -0.2) is 17.2 Å². The summed E-state index contributed by atoms with van der Waals surface area (Å²) in [6.45, 7) is 8.25. The van der Waals surface area contributed by atoms with E-state index in [1.54, 1.807) is 6.07 Å². The summed E-state index contributed by atoms with van der Waals surface area (Å²) in [5.41, 5.74) is 4.57. The zero-order chi connectivity index (χ0) is 32.1. The van der Waals surface area contributed by atoms with Crippen molar-refractivity contribution in [1.29, 1.82) is 0 Å². The lowest BCUT2D eigenvalue weighted by Gasteiger charge is -2.31. The highest BCUT2D eigenvalue weighted by Gasteiger charge is 2.27. The number of carbonyl (C=O) groups excluding carboxylic acids is 1. The molecular weight excluding hydrogens is 584 g/mol. The highest BCUT2D eigenvalue weighted by molar-refractivity contribution is 7.92. The maximum Gasteiger partial charge on any atom is 0.251 e. The van der Waals surface area contributed by atoms with Crippen molar-refractivity contribution in [1.82, 2.24) is 10.6 Å². The van der Waals surface area contributed by atoms with Crippen molar-refractivity contribution in [3.05, 3.63) is 100 Å². The molecular formula is C34H43F2N3O4S. The number of nitrogens with one attached hydrogen (secondary N) is 3. The Morgan fingerprint density at radius 2 is 1.75 bits per heavy atom. The molecule has 0 aliphatic heterocycles. The number of hydrogen-bond donors (Lipinski definition) is 4. The van der Waals surface area contributed by atoms with E-state index >= 15 is 0 Å². The summed E-state index contributed by atoms with van der Waals surface area (Å²) in [7, 11) is -3.55. The number of rotatable bonds is 12. The fourth-order valence-corrected chi connectivity index (χ4v) is 6.31. The number of aryl methyl sites for hydroxylation is 1. The van der Waals surface area contributed by atoms with E-state index in [0.29, 0.717) is 0 Å². The molecule has 3 unspecified atom stereocenters. The minimum absolute atomic E-state index is 0.0135. The van der Waals surface area contributed by atoms with Crippen molar-refractivity contribution in [2.75, 3.05) is 17.0 Å². The summed E-state index contributed by atoms with van der Waals surface area (Å²) in [5.74, 6) is -2.19. The van der Waals surface area contributed by atoms with Gasteiger partial charge in [0.25, 0.3) is 5.91 Å². The summed E-state index contributed by atoms with van der Waals surface area (Å²) in [6.07, 6.45) is 2.70. The Morgan fingerprint density at radius 1 is 1.02 bits per heavy atom. The molecule has 1 aliphatic carbocycles. The summed E-state index contributed by atoms with van der Waals surface area (Å²) >= 11 is 0. The van der Waals surface area contributed by atoms with Gasteiger partial charge in [0.15, 0.2) is 0 Å². The number of carbonyl (C=O) groups is 1. The van der Waals surface area contributed by atoms with E-state index in [0.717, 1.165) is 31.7 Å². The molecule has 0 fully saturated rings. The van der Waals surface area contributed by atoms with Gasteiger partial charge in [0.1, 0.15) is 11.6 Å². The normalized spacial score (nSPS) is 16.6. The SMILES string of the molecule is CCS(=O)(=O)Nc1cccc(C(=O)NC(Cc2cc(F)cc(F)c2)C(O)CNC2CCCc3ccc(CC(C)(C)C)cc32)c1. The summed E-state index contributed by atoms with van der Waals surface area (Å²) in [5, 5.41) is 17.7. The smallest absolute Gasteiger partial charge is 0.251 e. The third kappa shape index (κ3) is 9.58. The first kappa shape index (κ1) is 33.6. The first-order valence-corrected chi connectivity index (χ1v) is 16.8. The van der Waals surface area contributed by atoms with Gasteiger partial charge in [-0.1, -0.05) is 45.0 Å². The van der Waals surface area contributed by atoms with Crippen LogP contribution in [-0.4, -0.2) is 43.9 Å². The molecule has 44 heavy (non-hydrogen) atoms. The molecule has 1 aliphatic rings. The zero-order valence-corrected chi connectivity index (χ0v) is 26.6. The maximum atomic E-state index is 14.0. The van der Waals surface area contributed by atoms with E-state index in [9.17, 15) is 27.1 Å². The number of fused-ring (bicyclic) bond motifs is 1. The quantitative estimate of drug-likeness (QED) is 0.207.